The lowest BCUT2D eigenvalue weighted by Crippen LogP contribution is -1.92. The van der Waals surface area contributed by atoms with Gasteiger partial charge in [-0.1, -0.05) is 13.0 Å². The molecule has 0 aliphatic carbocycles. The molecule has 1 aromatic heterocycles. The van der Waals surface area contributed by atoms with Gasteiger partial charge in [0.25, 0.3) is 0 Å². The number of aldehydes is 1. The molecule has 1 atom stereocenters. The number of carbonyl (C=O) groups excluding carboxylic acids is 1. The van der Waals surface area contributed by atoms with Gasteiger partial charge in [0, 0.05) is 11.3 Å². The van der Waals surface area contributed by atoms with Crippen molar-refractivity contribution in [1.29, 1.82) is 0 Å². The molecule has 0 bridgehead atoms. The lowest BCUT2D eigenvalue weighted by Gasteiger charge is -2.02. The van der Waals surface area contributed by atoms with Crippen molar-refractivity contribution in [3.63, 3.8) is 0 Å². The summed E-state index contributed by atoms with van der Waals surface area (Å²) in [5.41, 5.74) is 1.89. The number of hydrogen-bond acceptors (Lipinski definition) is 2. The Morgan fingerprint density at radius 3 is 3.00 bits per heavy atom. The molecule has 0 saturated carbocycles. The highest BCUT2D eigenvalue weighted by Gasteiger charge is 2.04. The summed E-state index contributed by atoms with van der Waals surface area (Å²) < 4.78 is 5.20. The van der Waals surface area contributed by atoms with E-state index in [1.165, 1.54) is 0 Å². The summed E-state index contributed by atoms with van der Waals surface area (Å²) in [6, 6.07) is 7.70. The third-order valence-electron chi connectivity index (χ3n) is 2.21. The van der Waals surface area contributed by atoms with Crippen molar-refractivity contribution in [3.8, 4) is 0 Å². The van der Waals surface area contributed by atoms with Crippen LogP contribution in [0.2, 0.25) is 0 Å². The van der Waals surface area contributed by atoms with E-state index in [4.69, 9.17) is 4.42 Å². The molecule has 0 N–H and O–H groups in total. The van der Waals surface area contributed by atoms with Crippen molar-refractivity contribution in [3.05, 3.63) is 36.1 Å². The number of carbonyl (C=O) groups is 1. The summed E-state index contributed by atoms with van der Waals surface area (Å²) in [6.07, 6.45) is 2.60. The van der Waals surface area contributed by atoms with E-state index in [1.54, 1.807) is 6.26 Å². The monoisotopic (exact) mass is 174 g/mol. The normalized spacial score (nSPS) is 13.0. The average Bonchev–Trinajstić information content (AvgIpc) is 2.63. The topological polar surface area (TPSA) is 30.2 Å². The van der Waals surface area contributed by atoms with Crippen molar-refractivity contribution >= 4 is 17.3 Å². The van der Waals surface area contributed by atoms with Crippen LogP contribution in [0.4, 0.5) is 0 Å². The second-order valence-corrected chi connectivity index (χ2v) is 3.14. The molecule has 2 heteroatoms. The van der Waals surface area contributed by atoms with Crippen molar-refractivity contribution in [2.24, 2.45) is 0 Å². The first-order valence-corrected chi connectivity index (χ1v) is 4.23. The smallest absolute Gasteiger partial charge is 0.133 e. The maximum absolute atomic E-state index is 10.6. The second-order valence-electron chi connectivity index (χ2n) is 3.14. The molecule has 2 rings (SSSR count). The van der Waals surface area contributed by atoms with Crippen molar-refractivity contribution in [1.82, 2.24) is 0 Å². The van der Waals surface area contributed by atoms with Crippen LogP contribution in [0, 0.1) is 0 Å². The van der Waals surface area contributed by atoms with Crippen LogP contribution in [0.5, 0.6) is 0 Å². The minimum absolute atomic E-state index is 0.0423. The van der Waals surface area contributed by atoms with Crippen molar-refractivity contribution in [2.45, 2.75) is 12.8 Å². The quantitative estimate of drug-likeness (QED) is 0.655. The Balaban J connectivity index is 2.53. The van der Waals surface area contributed by atoms with E-state index < -0.39 is 0 Å². The number of hydrogen-bond donors (Lipinski definition) is 0. The molecule has 2 nitrogen and oxygen atoms in total. The standard InChI is InChI=1S/C11H10O2/c1-8(7-12)9-2-3-11-10(6-9)4-5-13-11/h2-8H,1H3. The van der Waals surface area contributed by atoms with Gasteiger partial charge < -0.3 is 9.21 Å². The zero-order chi connectivity index (χ0) is 9.26. The molecule has 1 aromatic carbocycles. The number of furan rings is 1. The fraction of sp³-hybridized carbons (Fsp3) is 0.182. The molecule has 0 aliphatic heterocycles. The Hall–Kier alpha value is -1.57. The summed E-state index contributed by atoms with van der Waals surface area (Å²) in [6.45, 7) is 1.88. The molecule has 1 unspecified atom stereocenters. The van der Waals surface area contributed by atoms with Crippen molar-refractivity contribution in [2.75, 3.05) is 0 Å². The Morgan fingerprint density at radius 2 is 2.23 bits per heavy atom. The molecular weight excluding hydrogens is 164 g/mol. The predicted molar refractivity (Wildman–Crippen MR) is 50.7 cm³/mol. The van der Waals surface area contributed by atoms with Gasteiger partial charge in [-0.2, -0.15) is 0 Å². The summed E-state index contributed by atoms with van der Waals surface area (Å²) in [5.74, 6) is -0.0423. The summed E-state index contributed by atoms with van der Waals surface area (Å²) in [7, 11) is 0. The molecule has 13 heavy (non-hydrogen) atoms. The molecule has 0 spiro atoms. The van der Waals surface area contributed by atoms with Crippen LogP contribution in [0.15, 0.2) is 34.9 Å². The number of rotatable bonds is 2. The molecule has 1 heterocycles. The molecule has 66 valence electrons. The van der Waals surface area contributed by atoms with Gasteiger partial charge in [0.1, 0.15) is 11.9 Å². The molecule has 2 aromatic rings. The van der Waals surface area contributed by atoms with Gasteiger partial charge in [0.2, 0.25) is 0 Å². The largest absolute Gasteiger partial charge is 0.464 e. The van der Waals surface area contributed by atoms with E-state index >= 15 is 0 Å². The molecule has 0 aliphatic rings. The fourth-order valence-electron chi connectivity index (χ4n) is 1.35. The van der Waals surface area contributed by atoms with Gasteiger partial charge in [-0.05, 0) is 23.8 Å². The Bertz CT molecular complexity index is 428. The Kier molecular flexibility index (Phi) is 1.89. The van der Waals surface area contributed by atoms with Gasteiger partial charge in [0.05, 0.1) is 6.26 Å². The maximum atomic E-state index is 10.6. The average molecular weight is 174 g/mol. The highest BCUT2D eigenvalue weighted by molar-refractivity contribution is 5.79. The molecule has 0 saturated heterocycles. The lowest BCUT2D eigenvalue weighted by atomic mass is 10.0. The van der Waals surface area contributed by atoms with E-state index in [2.05, 4.69) is 0 Å². The van der Waals surface area contributed by atoms with Gasteiger partial charge in [-0.3, -0.25) is 0 Å². The van der Waals surface area contributed by atoms with Crippen molar-refractivity contribution < 1.29 is 9.21 Å². The summed E-state index contributed by atoms with van der Waals surface area (Å²) in [5, 5.41) is 1.05. The van der Waals surface area contributed by atoms with E-state index in [-0.39, 0.29) is 5.92 Å². The van der Waals surface area contributed by atoms with Gasteiger partial charge >= 0.3 is 0 Å². The lowest BCUT2D eigenvalue weighted by molar-refractivity contribution is -0.108. The molecule has 0 radical (unpaired) electrons. The van der Waals surface area contributed by atoms with Crippen LogP contribution in [0.3, 0.4) is 0 Å². The SMILES string of the molecule is CC(C=O)c1ccc2occc2c1. The van der Waals surface area contributed by atoms with E-state index in [9.17, 15) is 4.79 Å². The zero-order valence-corrected chi connectivity index (χ0v) is 7.36. The highest BCUT2D eigenvalue weighted by atomic mass is 16.3. The van der Waals surface area contributed by atoms with Crippen LogP contribution in [0.25, 0.3) is 11.0 Å². The van der Waals surface area contributed by atoms with Gasteiger partial charge in [0.15, 0.2) is 0 Å². The van der Waals surface area contributed by atoms with E-state index in [0.29, 0.717) is 0 Å². The third-order valence-corrected chi connectivity index (χ3v) is 2.21. The number of benzene rings is 1. The van der Waals surface area contributed by atoms with Crippen LogP contribution < -0.4 is 0 Å². The summed E-state index contributed by atoms with van der Waals surface area (Å²) in [4.78, 5) is 10.6. The van der Waals surface area contributed by atoms with Gasteiger partial charge in [-0.25, -0.2) is 0 Å². The van der Waals surface area contributed by atoms with Crippen LogP contribution in [0.1, 0.15) is 18.4 Å². The maximum Gasteiger partial charge on any atom is 0.133 e. The van der Waals surface area contributed by atoms with E-state index in [1.807, 2.05) is 31.2 Å². The predicted octanol–water partition coefficient (Wildman–Crippen LogP) is 2.74. The first-order valence-electron chi connectivity index (χ1n) is 4.23. The minimum Gasteiger partial charge on any atom is -0.464 e. The second kappa shape index (κ2) is 3.05. The third kappa shape index (κ3) is 1.35. The number of fused-ring (bicyclic) bond motifs is 1. The van der Waals surface area contributed by atoms with Gasteiger partial charge in [-0.15, -0.1) is 0 Å². The first kappa shape index (κ1) is 8.05. The minimum atomic E-state index is -0.0423. The summed E-state index contributed by atoms with van der Waals surface area (Å²) >= 11 is 0. The Morgan fingerprint density at radius 1 is 1.38 bits per heavy atom. The fourth-order valence-corrected chi connectivity index (χ4v) is 1.35. The first-order chi connectivity index (χ1) is 6.31. The molecular formula is C11H10O2. The van der Waals surface area contributed by atoms with Crippen LogP contribution >= 0.6 is 0 Å². The highest BCUT2D eigenvalue weighted by Crippen LogP contribution is 2.21. The molecule has 0 fully saturated rings. The van der Waals surface area contributed by atoms with E-state index in [0.717, 1.165) is 22.8 Å². The Labute approximate surface area is 76.2 Å². The zero-order valence-electron chi connectivity index (χ0n) is 7.36. The van der Waals surface area contributed by atoms with Crippen LogP contribution in [-0.2, 0) is 4.79 Å². The van der Waals surface area contributed by atoms with Crippen LogP contribution in [-0.4, -0.2) is 6.29 Å². The molecule has 0 amide bonds.